The molecule has 0 bridgehead atoms. The molecule has 0 radical (unpaired) electrons. The monoisotopic (exact) mass is 664 g/mol. The third-order valence-electron chi connectivity index (χ3n) is 8.61. The molecule has 0 saturated heterocycles. The summed E-state index contributed by atoms with van der Waals surface area (Å²) in [7, 11) is 1.62. The van der Waals surface area contributed by atoms with Crippen LogP contribution in [0.5, 0.6) is 0 Å². The molecule has 0 aromatic carbocycles. The first-order valence-corrected chi connectivity index (χ1v) is 20.4. The summed E-state index contributed by atoms with van der Waals surface area (Å²) in [5.74, 6) is -0.161. The third kappa shape index (κ3) is 31.8. The SMILES string of the molecule is CCCCCCCCCCCCCCCCCCCCCC(O)C(COP(=O)(O)OCC[N+](C)(C)C)NC(=O)CCCCCC. The second-order valence-corrected chi connectivity index (χ2v) is 15.8. The Labute approximate surface area is 279 Å². The number of hydrogen-bond donors (Lipinski definition) is 3. The first kappa shape index (κ1) is 44.5. The molecule has 0 rings (SSSR count). The Hall–Kier alpha value is -0.500. The number of rotatable bonds is 34. The average Bonchev–Trinajstić information content (AvgIpc) is 2.97. The lowest BCUT2D eigenvalue weighted by molar-refractivity contribution is -0.870. The van der Waals surface area contributed by atoms with E-state index in [-0.39, 0.29) is 19.1 Å². The number of likely N-dealkylation sites (N-methyl/N-ethyl adjacent to an activating group) is 1. The van der Waals surface area contributed by atoms with Gasteiger partial charge in [0.2, 0.25) is 5.91 Å². The topological polar surface area (TPSA) is 105 Å². The number of aliphatic hydroxyl groups is 1. The fraction of sp³-hybridized carbons (Fsp3) is 0.972. The number of nitrogens with one attached hydrogen (secondary N) is 1. The molecule has 0 aliphatic heterocycles. The highest BCUT2D eigenvalue weighted by molar-refractivity contribution is 7.47. The second kappa shape index (κ2) is 29.6. The standard InChI is InChI=1S/C36H75N2O6P/c1-6-8-10-12-13-14-15-16-17-18-19-20-21-22-23-24-25-26-27-29-35(39)34(37-36(40)30-28-11-9-7-2)33-44-45(41,42)43-32-31-38(3,4)5/h34-35,39H,6-33H2,1-5H3,(H-,37,40,41,42)/p+1. The number of unbranched alkanes of at least 4 members (excludes halogenated alkanes) is 21. The van der Waals surface area contributed by atoms with Crippen LogP contribution in [0.4, 0.5) is 0 Å². The van der Waals surface area contributed by atoms with Gasteiger partial charge in [-0.15, -0.1) is 0 Å². The molecule has 45 heavy (non-hydrogen) atoms. The summed E-state index contributed by atoms with van der Waals surface area (Å²) in [6.45, 7) is 4.76. The van der Waals surface area contributed by atoms with Crippen LogP contribution in [0.2, 0.25) is 0 Å². The van der Waals surface area contributed by atoms with Crippen molar-refractivity contribution in [2.75, 3.05) is 40.9 Å². The predicted molar refractivity (Wildman–Crippen MR) is 189 cm³/mol. The number of amides is 1. The number of nitrogens with zero attached hydrogens (tertiary/aromatic N) is 1. The number of quaternary nitrogens is 1. The van der Waals surface area contributed by atoms with Crippen LogP contribution in [-0.2, 0) is 18.4 Å². The van der Waals surface area contributed by atoms with Crippen molar-refractivity contribution in [3.05, 3.63) is 0 Å². The molecular formula is C36H76N2O6P+. The number of carbonyl (C=O) groups is 1. The molecule has 3 atom stereocenters. The molecule has 0 saturated carbocycles. The van der Waals surface area contributed by atoms with E-state index in [1.165, 1.54) is 103 Å². The Bertz CT molecular complexity index is 718. The highest BCUT2D eigenvalue weighted by Gasteiger charge is 2.28. The minimum absolute atomic E-state index is 0.0770. The zero-order valence-corrected chi connectivity index (χ0v) is 31.3. The van der Waals surface area contributed by atoms with Crippen LogP contribution < -0.4 is 5.32 Å². The van der Waals surface area contributed by atoms with Crippen molar-refractivity contribution < 1.29 is 32.9 Å². The van der Waals surface area contributed by atoms with Crippen molar-refractivity contribution in [3.8, 4) is 0 Å². The molecule has 9 heteroatoms. The van der Waals surface area contributed by atoms with Gasteiger partial charge in [-0.1, -0.05) is 155 Å². The molecular weight excluding hydrogens is 587 g/mol. The van der Waals surface area contributed by atoms with Gasteiger partial charge in [-0.05, 0) is 12.8 Å². The molecule has 0 aromatic heterocycles. The van der Waals surface area contributed by atoms with Crippen molar-refractivity contribution >= 4 is 13.7 Å². The highest BCUT2D eigenvalue weighted by atomic mass is 31.2. The zero-order chi connectivity index (χ0) is 33.7. The zero-order valence-electron chi connectivity index (χ0n) is 30.4. The van der Waals surface area contributed by atoms with Gasteiger partial charge < -0.3 is 19.8 Å². The normalized spacial score (nSPS) is 14.7. The van der Waals surface area contributed by atoms with Gasteiger partial charge in [-0.25, -0.2) is 4.57 Å². The summed E-state index contributed by atoms with van der Waals surface area (Å²) in [6, 6.07) is -0.748. The van der Waals surface area contributed by atoms with Crippen molar-refractivity contribution in [1.82, 2.24) is 5.32 Å². The Morgan fingerprint density at radius 3 is 1.49 bits per heavy atom. The van der Waals surface area contributed by atoms with Crippen LogP contribution in [-0.4, -0.2) is 73.4 Å². The van der Waals surface area contributed by atoms with E-state index in [0.29, 0.717) is 23.9 Å². The quantitative estimate of drug-likeness (QED) is 0.0360. The Morgan fingerprint density at radius 2 is 1.07 bits per heavy atom. The van der Waals surface area contributed by atoms with Crippen molar-refractivity contribution in [2.45, 2.75) is 187 Å². The second-order valence-electron chi connectivity index (χ2n) is 14.3. The van der Waals surface area contributed by atoms with E-state index in [2.05, 4.69) is 19.2 Å². The molecule has 1 amide bonds. The highest BCUT2D eigenvalue weighted by Crippen LogP contribution is 2.43. The Morgan fingerprint density at radius 1 is 0.667 bits per heavy atom. The van der Waals surface area contributed by atoms with Gasteiger partial charge in [0.05, 0.1) is 39.9 Å². The van der Waals surface area contributed by atoms with Gasteiger partial charge in [-0.2, -0.15) is 0 Å². The number of phosphoric ester groups is 1. The van der Waals surface area contributed by atoms with Crippen LogP contribution in [0.25, 0.3) is 0 Å². The fourth-order valence-electron chi connectivity index (χ4n) is 5.52. The van der Waals surface area contributed by atoms with Crippen LogP contribution in [0.15, 0.2) is 0 Å². The lowest BCUT2D eigenvalue weighted by atomic mass is 10.0. The lowest BCUT2D eigenvalue weighted by Crippen LogP contribution is -2.46. The van der Waals surface area contributed by atoms with E-state index in [4.69, 9.17) is 9.05 Å². The summed E-state index contributed by atoms with van der Waals surface area (Å²) >= 11 is 0. The van der Waals surface area contributed by atoms with Gasteiger partial charge in [0, 0.05) is 6.42 Å². The van der Waals surface area contributed by atoms with Gasteiger partial charge in [0.25, 0.3) is 0 Å². The van der Waals surface area contributed by atoms with Crippen LogP contribution >= 0.6 is 7.82 Å². The molecule has 0 fully saturated rings. The molecule has 8 nitrogen and oxygen atoms in total. The maximum Gasteiger partial charge on any atom is 0.472 e. The van der Waals surface area contributed by atoms with Crippen LogP contribution in [0, 0.1) is 0 Å². The van der Waals surface area contributed by atoms with Gasteiger partial charge in [0.15, 0.2) is 0 Å². The van der Waals surface area contributed by atoms with E-state index >= 15 is 0 Å². The summed E-state index contributed by atoms with van der Waals surface area (Å²) < 4.78 is 23.3. The van der Waals surface area contributed by atoms with E-state index in [1.54, 1.807) is 0 Å². The number of aliphatic hydroxyl groups excluding tert-OH is 1. The Balaban J connectivity index is 4.14. The third-order valence-corrected chi connectivity index (χ3v) is 9.59. The number of carbonyl (C=O) groups excluding carboxylic acids is 1. The van der Waals surface area contributed by atoms with Crippen LogP contribution in [0.3, 0.4) is 0 Å². The Kier molecular flexibility index (Phi) is 29.3. The molecule has 3 N–H and O–H groups in total. The van der Waals surface area contributed by atoms with E-state index < -0.39 is 20.0 Å². The van der Waals surface area contributed by atoms with Crippen molar-refractivity contribution in [2.24, 2.45) is 0 Å². The van der Waals surface area contributed by atoms with Crippen molar-refractivity contribution in [1.29, 1.82) is 0 Å². The predicted octanol–water partition coefficient (Wildman–Crippen LogP) is 9.46. The molecule has 270 valence electrons. The molecule has 0 spiro atoms. The summed E-state index contributed by atoms with van der Waals surface area (Å²) in [5.41, 5.74) is 0. The average molecular weight is 664 g/mol. The lowest BCUT2D eigenvalue weighted by Gasteiger charge is -2.26. The van der Waals surface area contributed by atoms with E-state index in [1.807, 2.05) is 21.1 Å². The maximum absolute atomic E-state index is 12.5. The van der Waals surface area contributed by atoms with Gasteiger partial charge >= 0.3 is 7.82 Å². The first-order valence-electron chi connectivity index (χ1n) is 18.9. The summed E-state index contributed by atoms with van der Waals surface area (Å²) in [5, 5.41) is 13.7. The van der Waals surface area contributed by atoms with Crippen LogP contribution in [0.1, 0.15) is 174 Å². The maximum atomic E-state index is 12.5. The minimum Gasteiger partial charge on any atom is -0.391 e. The molecule has 0 heterocycles. The van der Waals surface area contributed by atoms with Crippen molar-refractivity contribution in [3.63, 3.8) is 0 Å². The fourth-order valence-corrected chi connectivity index (χ4v) is 6.25. The van der Waals surface area contributed by atoms with E-state index in [9.17, 15) is 19.4 Å². The largest absolute Gasteiger partial charge is 0.472 e. The molecule has 3 unspecified atom stereocenters. The molecule has 0 aromatic rings. The molecule has 0 aliphatic rings. The minimum atomic E-state index is -4.29. The van der Waals surface area contributed by atoms with Gasteiger partial charge in [-0.3, -0.25) is 13.8 Å². The van der Waals surface area contributed by atoms with E-state index in [0.717, 1.165) is 44.9 Å². The smallest absolute Gasteiger partial charge is 0.391 e. The summed E-state index contributed by atoms with van der Waals surface area (Å²) in [4.78, 5) is 22.7. The molecule has 0 aliphatic carbocycles. The summed E-state index contributed by atoms with van der Waals surface area (Å²) in [6.07, 6.45) is 28.9. The first-order chi connectivity index (χ1) is 21.5. The number of hydrogen-bond acceptors (Lipinski definition) is 5. The van der Waals surface area contributed by atoms with Gasteiger partial charge in [0.1, 0.15) is 13.2 Å². The number of phosphoric acid groups is 1.